The van der Waals surface area contributed by atoms with Gasteiger partial charge in [-0.3, -0.25) is 4.84 Å². The summed E-state index contributed by atoms with van der Waals surface area (Å²) in [5, 5.41) is 41.5. The van der Waals surface area contributed by atoms with Crippen molar-refractivity contribution in [3.63, 3.8) is 0 Å². The molecule has 0 amide bonds. The van der Waals surface area contributed by atoms with Gasteiger partial charge in [0, 0.05) is 0 Å². The Labute approximate surface area is 83.9 Å². The Hall–Kier alpha value is -2.48. The first kappa shape index (κ1) is 13.5. The van der Waals surface area contributed by atoms with Crippen molar-refractivity contribution in [1.29, 1.82) is 0 Å². The number of hydrogen-bond donors (Lipinski definition) is 2. The Morgan fingerprint density at radius 3 is 1.62 bits per heavy atom. The molecule has 1 unspecified atom stereocenters. The highest BCUT2D eigenvalue weighted by atomic mass is 17.1. The topological polar surface area (TPSA) is 198 Å². The maximum absolute atomic E-state index is 9.77. The lowest BCUT2D eigenvalue weighted by molar-refractivity contribution is -0.916. The second-order valence-corrected chi connectivity index (χ2v) is 1.94. The van der Waals surface area contributed by atoms with E-state index in [2.05, 4.69) is 14.5 Å². The van der Waals surface area contributed by atoms with Gasteiger partial charge in [-0.25, -0.2) is 9.68 Å². The molecule has 0 rings (SSSR count). The van der Waals surface area contributed by atoms with E-state index in [0.29, 0.717) is 0 Å². The van der Waals surface area contributed by atoms with E-state index in [-0.39, 0.29) is 0 Å². The molecule has 0 aromatic heterocycles. The molecule has 0 radical (unpaired) electrons. The zero-order valence-electron chi connectivity index (χ0n) is 6.99. The number of aliphatic hydroxyl groups is 2. The van der Waals surface area contributed by atoms with E-state index in [1.54, 1.807) is 0 Å². The number of nitrogens with zero attached hydrogens (tertiary/aromatic N) is 3. The fraction of sp³-hybridized carbons (Fsp3) is 1.00. The molecule has 0 aromatic rings. The number of rotatable bonds is 7. The molecule has 0 saturated heterocycles. The van der Waals surface area contributed by atoms with Crippen molar-refractivity contribution in [3.8, 4) is 0 Å². The minimum atomic E-state index is -3.97. The maximum atomic E-state index is 9.77. The molecule has 0 spiro atoms. The smallest absolute Gasteiger partial charge is 0.363 e. The first-order chi connectivity index (χ1) is 7.17. The van der Waals surface area contributed by atoms with Gasteiger partial charge in [-0.05, 0) is 0 Å². The van der Waals surface area contributed by atoms with Gasteiger partial charge in [-0.2, -0.15) is 0 Å². The maximum Gasteiger partial charge on any atom is 0.414 e. The standard InChI is InChI=1S/C2H3N3O11/c6-1(14-3(8)9)2(7,15-4(10)11)16-5(12)13/h1,6-7H. The van der Waals surface area contributed by atoms with Crippen molar-refractivity contribution in [1.82, 2.24) is 0 Å². The molecule has 2 N–H and O–H groups in total. The van der Waals surface area contributed by atoms with Crippen molar-refractivity contribution in [2.75, 3.05) is 0 Å². The van der Waals surface area contributed by atoms with Crippen molar-refractivity contribution in [2.45, 2.75) is 12.3 Å². The van der Waals surface area contributed by atoms with Gasteiger partial charge in [-0.15, -0.1) is 30.3 Å². The van der Waals surface area contributed by atoms with Crippen LogP contribution in [0.3, 0.4) is 0 Å². The lowest BCUT2D eigenvalue weighted by Gasteiger charge is -2.25. The molecule has 0 bridgehead atoms. The molecule has 0 aromatic carbocycles. The van der Waals surface area contributed by atoms with E-state index in [1.807, 2.05) is 0 Å². The van der Waals surface area contributed by atoms with E-state index in [1.165, 1.54) is 0 Å². The van der Waals surface area contributed by atoms with Crippen LogP contribution in [-0.2, 0) is 14.5 Å². The summed E-state index contributed by atoms with van der Waals surface area (Å²) in [6.45, 7) is 0. The SMILES string of the molecule is O=[N+]([O-])OC(O)C(O)(O[N+](=O)[O-])O[N+](=O)[O-]. The molecular weight excluding hydrogens is 242 g/mol. The molecule has 0 saturated carbocycles. The molecule has 0 aliphatic heterocycles. The third-order valence-electron chi connectivity index (χ3n) is 0.909. The normalized spacial score (nSPS) is 12.4. The van der Waals surface area contributed by atoms with Crippen LogP contribution in [0.5, 0.6) is 0 Å². The zero-order chi connectivity index (χ0) is 12.9. The molecule has 14 nitrogen and oxygen atoms in total. The van der Waals surface area contributed by atoms with Crippen LogP contribution in [0.4, 0.5) is 0 Å². The molecule has 0 fully saturated rings. The van der Waals surface area contributed by atoms with Crippen LogP contribution in [0, 0.1) is 30.3 Å². The fourth-order valence-electron chi connectivity index (χ4n) is 0.469. The molecule has 0 heterocycles. The molecule has 16 heavy (non-hydrogen) atoms. The summed E-state index contributed by atoms with van der Waals surface area (Å²) in [4.78, 5) is 38.7. The van der Waals surface area contributed by atoms with Crippen LogP contribution in [0.15, 0.2) is 0 Å². The summed E-state index contributed by atoms with van der Waals surface area (Å²) >= 11 is 0. The van der Waals surface area contributed by atoms with Crippen molar-refractivity contribution in [3.05, 3.63) is 30.3 Å². The van der Waals surface area contributed by atoms with E-state index < -0.39 is 27.5 Å². The summed E-state index contributed by atoms with van der Waals surface area (Å²) < 4.78 is 0. The largest absolute Gasteiger partial charge is 0.414 e. The van der Waals surface area contributed by atoms with E-state index >= 15 is 0 Å². The van der Waals surface area contributed by atoms with Crippen LogP contribution >= 0.6 is 0 Å². The second kappa shape index (κ2) is 4.84. The van der Waals surface area contributed by atoms with Crippen molar-refractivity contribution >= 4 is 0 Å². The van der Waals surface area contributed by atoms with Gasteiger partial charge in [0.25, 0.3) is 21.5 Å². The van der Waals surface area contributed by atoms with Crippen LogP contribution in [-0.4, -0.2) is 37.7 Å². The summed E-state index contributed by atoms with van der Waals surface area (Å²) in [5.74, 6) is -3.97. The van der Waals surface area contributed by atoms with Gasteiger partial charge in [-0.1, -0.05) is 0 Å². The van der Waals surface area contributed by atoms with E-state index in [9.17, 15) is 30.3 Å². The Morgan fingerprint density at radius 2 is 1.38 bits per heavy atom. The Bertz CT molecular complexity index is 284. The average molecular weight is 245 g/mol. The summed E-state index contributed by atoms with van der Waals surface area (Å²) in [7, 11) is 0. The predicted molar refractivity (Wildman–Crippen MR) is 35.2 cm³/mol. The van der Waals surface area contributed by atoms with Crippen LogP contribution in [0.1, 0.15) is 0 Å². The molecule has 14 heteroatoms. The monoisotopic (exact) mass is 245 g/mol. The van der Waals surface area contributed by atoms with Gasteiger partial charge in [0.15, 0.2) is 0 Å². The molecule has 92 valence electrons. The first-order valence-electron chi connectivity index (χ1n) is 3.06. The third kappa shape index (κ3) is 4.15. The van der Waals surface area contributed by atoms with Crippen LogP contribution in [0.2, 0.25) is 0 Å². The minimum Gasteiger partial charge on any atom is -0.363 e. The number of hydrogen-bond acceptors (Lipinski definition) is 11. The molecule has 0 aliphatic rings. The van der Waals surface area contributed by atoms with Crippen molar-refractivity contribution < 1.29 is 40.0 Å². The minimum absolute atomic E-state index is 1.69. The van der Waals surface area contributed by atoms with E-state index in [0.717, 1.165) is 0 Å². The highest BCUT2D eigenvalue weighted by molar-refractivity contribution is 4.51. The summed E-state index contributed by atoms with van der Waals surface area (Å²) in [5.41, 5.74) is 0. The van der Waals surface area contributed by atoms with Gasteiger partial charge in [0.05, 0.1) is 0 Å². The molecular formula is C2H3N3O11. The molecule has 1 atom stereocenters. The highest BCUT2D eigenvalue weighted by Gasteiger charge is 2.47. The van der Waals surface area contributed by atoms with E-state index in [4.69, 9.17) is 10.2 Å². The van der Waals surface area contributed by atoms with Gasteiger partial charge in [0.2, 0.25) is 0 Å². The van der Waals surface area contributed by atoms with Crippen LogP contribution < -0.4 is 0 Å². The highest BCUT2D eigenvalue weighted by Crippen LogP contribution is 2.16. The number of aliphatic hydroxyl groups excluding tert-OH is 1. The fourth-order valence-corrected chi connectivity index (χ4v) is 0.469. The lowest BCUT2D eigenvalue weighted by Crippen LogP contribution is -2.51. The van der Waals surface area contributed by atoms with Gasteiger partial charge < -0.3 is 10.2 Å². The van der Waals surface area contributed by atoms with Gasteiger partial charge >= 0.3 is 5.97 Å². The third-order valence-corrected chi connectivity index (χ3v) is 0.909. The van der Waals surface area contributed by atoms with Crippen molar-refractivity contribution in [2.24, 2.45) is 0 Å². The quantitative estimate of drug-likeness (QED) is 0.274. The lowest BCUT2D eigenvalue weighted by atomic mass is 10.5. The summed E-state index contributed by atoms with van der Waals surface area (Å²) in [6, 6.07) is 0. The molecule has 0 aliphatic carbocycles. The second-order valence-electron chi connectivity index (χ2n) is 1.94. The van der Waals surface area contributed by atoms with Gasteiger partial charge in [0.1, 0.15) is 0 Å². The zero-order valence-corrected chi connectivity index (χ0v) is 6.99. The Kier molecular flexibility index (Phi) is 4.09. The predicted octanol–water partition coefficient (Wildman–Crippen LogP) is -2.42. The first-order valence-corrected chi connectivity index (χ1v) is 3.06. The Balaban J connectivity index is 4.82. The van der Waals surface area contributed by atoms with Crippen LogP contribution in [0.25, 0.3) is 0 Å². The Morgan fingerprint density at radius 1 is 1.00 bits per heavy atom. The average Bonchev–Trinajstić information content (AvgIpc) is 1.98. The summed E-state index contributed by atoms with van der Waals surface area (Å²) in [6.07, 6.45) is -3.13.